The lowest BCUT2D eigenvalue weighted by atomic mass is 9.93. The van der Waals surface area contributed by atoms with E-state index in [4.69, 9.17) is 16.3 Å². The van der Waals surface area contributed by atoms with Gasteiger partial charge in [0.05, 0.1) is 11.8 Å². The third-order valence-corrected chi connectivity index (χ3v) is 4.98. The van der Waals surface area contributed by atoms with E-state index in [9.17, 15) is 9.90 Å². The molecule has 0 saturated heterocycles. The highest BCUT2D eigenvalue weighted by atomic mass is 35.5. The van der Waals surface area contributed by atoms with E-state index in [0.717, 1.165) is 16.8 Å². The summed E-state index contributed by atoms with van der Waals surface area (Å²) in [7, 11) is 0. The number of benzene rings is 2. The highest BCUT2D eigenvalue weighted by Gasteiger charge is 2.29. The van der Waals surface area contributed by atoms with Crippen molar-refractivity contribution >= 4 is 17.4 Å². The molecular weight excluding hydrogens is 374 g/mol. The molecule has 3 unspecified atom stereocenters. The number of aliphatic hydroxyl groups excluding tert-OH is 1. The van der Waals surface area contributed by atoms with Crippen LogP contribution in [0.25, 0.3) is 11.1 Å². The average molecular weight is 398 g/mol. The minimum absolute atomic E-state index is 0.0455. The van der Waals surface area contributed by atoms with Gasteiger partial charge in [0.25, 0.3) is 0 Å². The van der Waals surface area contributed by atoms with Crippen LogP contribution in [0, 0.1) is 5.92 Å². The van der Waals surface area contributed by atoms with Crippen LogP contribution in [-0.4, -0.2) is 22.0 Å². The molecule has 0 aliphatic rings. The predicted octanol–water partition coefficient (Wildman–Crippen LogP) is 5.43. The normalized spacial score (nSPS) is 14.3. The monoisotopic (exact) mass is 397 g/mol. The summed E-state index contributed by atoms with van der Waals surface area (Å²) in [6.07, 6.45) is 0.679. The fourth-order valence-electron chi connectivity index (χ4n) is 3.23. The zero-order valence-electron chi connectivity index (χ0n) is 15.9. The number of aromatic nitrogens is 1. The van der Waals surface area contributed by atoms with Crippen molar-refractivity contribution in [3.63, 3.8) is 0 Å². The van der Waals surface area contributed by atoms with Crippen molar-refractivity contribution in [1.29, 1.82) is 0 Å². The summed E-state index contributed by atoms with van der Waals surface area (Å²) in [5.74, 6) is 0.467. The number of carbonyl (C=O) groups is 1. The average Bonchev–Trinajstić information content (AvgIpc) is 3.20. The van der Waals surface area contributed by atoms with E-state index in [2.05, 4.69) is 4.98 Å². The summed E-state index contributed by atoms with van der Waals surface area (Å²) in [6.45, 7) is 3.39. The molecule has 3 rings (SSSR count). The van der Waals surface area contributed by atoms with Crippen molar-refractivity contribution in [2.75, 3.05) is 0 Å². The second-order valence-corrected chi connectivity index (χ2v) is 7.51. The molecule has 5 heteroatoms. The molecule has 3 atom stereocenters. The SMILES string of the molecule is CC(=O)CC(C)C(O)C(Oc1ccc(-c2ccc(Cl)cc2)cc1)c1ccc[nH]1. The first-order valence-electron chi connectivity index (χ1n) is 9.27. The van der Waals surface area contributed by atoms with Gasteiger partial charge in [0.1, 0.15) is 11.5 Å². The van der Waals surface area contributed by atoms with Gasteiger partial charge in [0.2, 0.25) is 0 Å². The second-order valence-electron chi connectivity index (χ2n) is 7.07. The molecule has 2 N–H and O–H groups in total. The molecule has 0 aliphatic heterocycles. The fraction of sp³-hybridized carbons (Fsp3) is 0.261. The van der Waals surface area contributed by atoms with Gasteiger partial charge in [0, 0.05) is 17.6 Å². The number of ether oxygens (including phenoxy) is 1. The van der Waals surface area contributed by atoms with Crippen LogP contribution in [-0.2, 0) is 4.79 Å². The second kappa shape index (κ2) is 9.09. The van der Waals surface area contributed by atoms with E-state index in [0.29, 0.717) is 17.2 Å². The van der Waals surface area contributed by atoms with Crippen molar-refractivity contribution in [1.82, 2.24) is 4.98 Å². The molecule has 1 heterocycles. The Labute approximate surface area is 170 Å². The number of nitrogens with one attached hydrogen (secondary N) is 1. The minimum Gasteiger partial charge on any atom is -0.481 e. The maximum absolute atomic E-state index is 11.5. The highest BCUT2D eigenvalue weighted by Crippen LogP contribution is 2.30. The molecule has 0 saturated carbocycles. The maximum Gasteiger partial charge on any atom is 0.164 e. The molecule has 2 aromatic carbocycles. The quantitative estimate of drug-likeness (QED) is 0.532. The van der Waals surface area contributed by atoms with Crippen molar-refractivity contribution in [3.05, 3.63) is 77.6 Å². The maximum atomic E-state index is 11.5. The van der Waals surface area contributed by atoms with Gasteiger partial charge in [-0.25, -0.2) is 0 Å². The Bertz CT molecular complexity index is 889. The zero-order valence-corrected chi connectivity index (χ0v) is 16.7. The lowest BCUT2D eigenvalue weighted by Crippen LogP contribution is -2.31. The van der Waals surface area contributed by atoms with Gasteiger partial charge < -0.3 is 19.6 Å². The number of aromatic amines is 1. The number of halogens is 1. The van der Waals surface area contributed by atoms with E-state index >= 15 is 0 Å². The number of carbonyl (C=O) groups excluding carboxylic acids is 1. The van der Waals surface area contributed by atoms with Crippen LogP contribution in [0.2, 0.25) is 5.02 Å². The summed E-state index contributed by atoms with van der Waals surface area (Å²) < 4.78 is 6.12. The molecule has 4 nitrogen and oxygen atoms in total. The first kappa shape index (κ1) is 20.2. The number of hydrogen-bond acceptors (Lipinski definition) is 3. The van der Waals surface area contributed by atoms with Gasteiger partial charge in [-0.05, 0) is 60.4 Å². The summed E-state index contributed by atoms with van der Waals surface area (Å²) in [5.41, 5.74) is 2.88. The number of rotatable bonds is 8. The molecule has 146 valence electrons. The van der Waals surface area contributed by atoms with E-state index in [1.807, 2.05) is 67.6 Å². The van der Waals surface area contributed by atoms with Gasteiger partial charge in [0.15, 0.2) is 6.10 Å². The summed E-state index contributed by atoms with van der Waals surface area (Å²) in [6, 6.07) is 19.1. The van der Waals surface area contributed by atoms with E-state index in [-0.39, 0.29) is 11.7 Å². The van der Waals surface area contributed by atoms with Gasteiger partial charge in [-0.3, -0.25) is 0 Å². The third-order valence-electron chi connectivity index (χ3n) is 4.73. The lowest BCUT2D eigenvalue weighted by molar-refractivity contribution is -0.119. The Hall–Kier alpha value is -2.56. The minimum atomic E-state index is -0.821. The topological polar surface area (TPSA) is 62.3 Å². The molecule has 1 aromatic heterocycles. The van der Waals surface area contributed by atoms with Gasteiger partial charge >= 0.3 is 0 Å². The molecule has 0 aliphatic carbocycles. The smallest absolute Gasteiger partial charge is 0.164 e. The first-order chi connectivity index (χ1) is 13.4. The highest BCUT2D eigenvalue weighted by molar-refractivity contribution is 6.30. The van der Waals surface area contributed by atoms with Gasteiger partial charge in [-0.2, -0.15) is 0 Å². The van der Waals surface area contributed by atoms with Crippen LogP contribution in [0.5, 0.6) is 5.75 Å². The van der Waals surface area contributed by atoms with Gasteiger partial charge in [-0.15, -0.1) is 0 Å². The third kappa shape index (κ3) is 5.03. The van der Waals surface area contributed by atoms with Crippen LogP contribution in [0.4, 0.5) is 0 Å². The largest absolute Gasteiger partial charge is 0.481 e. The van der Waals surface area contributed by atoms with E-state index in [1.54, 1.807) is 6.20 Å². The Morgan fingerprint density at radius 2 is 1.68 bits per heavy atom. The molecule has 3 aromatic rings. The van der Waals surface area contributed by atoms with Crippen LogP contribution >= 0.6 is 11.6 Å². The number of Topliss-reactive ketones (excluding diaryl/α,β-unsaturated/α-hetero) is 1. The molecular formula is C23H24ClNO3. The number of hydrogen-bond donors (Lipinski definition) is 2. The molecule has 0 amide bonds. The van der Waals surface area contributed by atoms with Crippen LogP contribution in [0.1, 0.15) is 32.1 Å². The fourth-order valence-corrected chi connectivity index (χ4v) is 3.35. The molecule has 0 fully saturated rings. The van der Waals surface area contributed by atoms with Crippen molar-refractivity contribution in [2.45, 2.75) is 32.5 Å². The Balaban J connectivity index is 1.79. The molecule has 0 spiro atoms. The Kier molecular flexibility index (Phi) is 6.55. The van der Waals surface area contributed by atoms with E-state index < -0.39 is 12.2 Å². The summed E-state index contributed by atoms with van der Waals surface area (Å²) >= 11 is 5.95. The Morgan fingerprint density at radius 1 is 1.07 bits per heavy atom. The van der Waals surface area contributed by atoms with E-state index in [1.165, 1.54) is 6.92 Å². The van der Waals surface area contributed by atoms with Crippen molar-refractivity contribution in [2.24, 2.45) is 5.92 Å². The first-order valence-corrected chi connectivity index (χ1v) is 9.65. The van der Waals surface area contributed by atoms with Crippen molar-refractivity contribution in [3.8, 4) is 16.9 Å². The molecule has 0 radical (unpaired) electrons. The van der Waals surface area contributed by atoms with Gasteiger partial charge in [-0.1, -0.05) is 42.8 Å². The van der Waals surface area contributed by atoms with Crippen molar-refractivity contribution < 1.29 is 14.6 Å². The van der Waals surface area contributed by atoms with Crippen LogP contribution in [0.3, 0.4) is 0 Å². The molecule has 28 heavy (non-hydrogen) atoms. The standard InChI is InChI=1S/C23H24ClNO3/c1-15(14-16(2)26)22(27)23(21-4-3-13-25-21)28-20-11-7-18(8-12-20)17-5-9-19(24)10-6-17/h3-13,15,22-23,25,27H,14H2,1-2H3. The van der Waals surface area contributed by atoms with Crippen LogP contribution < -0.4 is 4.74 Å². The lowest BCUT2D eigenvalue weighted by Gasteiger charge is -2.27. The number of ketones is 1. The number of aliphatic hydroxyl groups is 1. The predicted molar refractivity (Wildman–Crippen MR) is 112 cm³/mol. The Morgan fingerprint density at radius 3 is 2.21 bits per heavy atom. The zero-order chi connectivity index (χ0) is 20.1. The number of H-pyrrole nitrogens is 1. The summed E-state index contributed by atoms with van der Waals surface area (Å²) in [4.78, 5) is 14.6. The summed E-state index contributed by atoms with van der Waals surface area (Å²) in [5, 5.41) is 11.5. The van der Waals surface area contributed by atoms with Crippen LogP contribution in [0.15, 0.2) is 66.9 Å². The molecule has 0 bridgehead atoms.